The zero-order valence-corrected chi connectivity index (χ0v) is 12.3. The molecular weight excluding hydrogens is 208 g/mol. The third-order valence-electron chi connectivity index (χ3n) is 3.55. The number of nitrogens with one attached hydrogen (secondary N) is 1. The summed E-state index contributed by atoms with van der Waals surface area (Å²) in [4.78, 5) is 2.72. The molecule has 102 valence electrons. The van der Waals surface area contributed by atoms with Gasteiger partial charge in [0.25, 0.3) is 0 Å². The summed E-state index contributed by atoms with van der Waals surface area (Å²) in [6.45, 7) is 12.9. The third-order valence-corrected chi connectivity index (χ3v) is 3.55. The summed E-state index contributed by atoms with van der Waals surface area (Å²) in [6.07, 6.45) is 6.96. The molecule has 0 saturated heterocycles. The van der Waals surface area contributed by atoms with Gasteiger partial charge in [-0.2, -0.15) is 0 Å². The summed E-state index contributed by atoms with van der Waals surface area (Å²) in [5.41, 5.74) is 0. The minimum atomic E-state index is 0.694. The van der Waals surface area contributed by atoms with E-state index in [1.54, 1.807) is 0 Å². The average molecular weight is 240 g/mol. The normalized spacial score (nSPS) is 18.0. The van der Waals surface area contributed by atoms with Crippen molar-refractivity contribution in [3.63, 3.8) is 0 Å². The van der Waals surface area contributed by atoms with Crippen LogP contribution in [0.1, 0.15) is 59.8 Å². The quantitative estimate of drug-likeness (QED) is 0.590. The van der Waals surface area contributed by atoms with E-state index in [9.17, 15) is 0 Å². The third kappa shape index (κ3) is 7.05. The number of hydrogen-bond acceptors (Lipinski definition) is 2. The van der Waals surface area contributed by atoms with Crippen molar-refractivity contribution in [1.82, 2.24) is 10.2 Å². The van der Waals surface area contributed by atoms with Crippen LogP contribution >= 0.6 is 0 Å². The first kappa shape index (κ1) is 15.0. The monoisotopic (exact) mass is 240 g/mol. The van der Waals surface area contributed by atoms with E-state index in [2.05, 4.69) is 37.9 Å². The zero-order chi connectivity index (χ0) is 12.7. The van der Waals surface area contributed by atoms with Crippen LogP contribution in [0.4, 0.5) is 0 Å². The van der Waals surface area contributed by atoms with Crippen LogP contribution in [-0.2, 0) is 0 Å². The summed E-state index contributed by atoms with van der Waals surface area (Å²) >= 11 is 0. The molecule has 0 aromatic heterocycles. The predicted octanol–water partition coefficient (Wildman–Crippen LogP) is 3.28. The lowest BCUT2D eigenvalue weighted by Gasteiger charge is -2.24. The Labute approximate surface area is 108 Å². The van der Waals surface area contributed by atoms with Crippen LogP contribution in [0.3, 0.4) is 0 Å². The summed E-state index contributed by atoms with van der Waals surface area (Å²) in [5, 5.41) is 3.49. The van der Waals surface area contributed by atoms with Crippen LogP contribution in [0.15, 0.2) is 0 Å². The molecule has 0 spiro atoms. The van der Waals surface area contributed by atoms with Gasteiger partial charge in [-0.15, -0.1) is 0 Å². The number of hydrogen-bond donors (Lipinski definition) is 1. The molecule has 2 nitrogen and oxygen atoms in total. The molecule has 1 unspecified atom stereocenters. The van der Waals surface area contributed by atoms with Gasteiger partial charge in [0.05, 0.1) is 0 Å². The lowest BCUT2D eigenvalue weighted by Crippen LogP contribution is -2.31. The van der Waals surface area contributed by atoms with Crippen molar-refractivity contribution >= 4 is 0 Å². The lowest BCUT2D eigenvalue weighted by atomic mass is 10.1. The highest BCUT2D eigenvalue weighted by Crippen LogP contribution is 2.27. The van der Waals surface area contributed by atoms with Crippen LogP contribution < -0.4 is 5.32 Å². The van der Waals surface area contributed by atoms with Crippen LogP contribution in [0, 0.1) is 5.92 Å². The smallest absolute Gasteiger partial charge is 0.00965 e. The maximum Gasteiger partial charge on any atom is 0.00965 e. The van der Waals surface area contributed by atoms with E-state index < -0.39 is 0 Å². The van der Waals surface area contributed by atoms with Crippen LogP contribution in [-0.4, -0.2) is 36.6 Å². The number of nitrogens with zero attached hydrogens (tertiary/aromatic N) is 1. The Bertz CT molecular complexity index is 187. The molecule has 1 saturated carbocycles. The molecule has 1 N–H and O–H groups in total. The fourth-order valence-corrected chi connectivity index (χ4v) is 2.55. The van der Waals surface area contributed by atoms with E-state index >= 15 is 0 Å². The minimum Gasteiger partial charge on any atom is -0.315 e. The first-order valence-electron chi connectivity index (χ1n) is 7.61. The second-order valence-electron chi connectivity index (χ2n) is 6.07. The molecule has 1 atom stereocenters. The van der Waals surface area contributed by atoms with Gasteiger partial charge >= 0.3 is 0 Å². The molecule has 0 aromatic rings. The van der Waals surface area contributed by atoms with Crippen molar-refractivity contribution in [2.45, 2.75) is 71.9 Å². The van der Waals surface area contributed by atoms with Crippen LogP contribution in [0.5, 0.6) is 0 Å². The Morgan fingerprint density at radius 1 is 1.18 bits per heavy atom. The van der Waals surface area contributed by atoms with Gasteiger partial charge in [0.2, 0.25) is 0 Å². The fraction of sp³-hybridized carbons (Fsp3) is 1.00. The first-order valence-corrected chi connectivity index (χ1v) is 7.61. The van der Waals surface area contributed by atoms with Gasteiger partial charge in [0, 0.05) is 18.6 Å². The zero-order valence-electron chi connectivity index (χ0n) is 12.3. The van der Waals surface area contributed by atoms with Crippen molar-refractivity contribution in [3.8, 4) is 0 Å². The summed E-state index contributed by atoms with van der Waals surface area (Å²) in [5.74, 6) is 0.816. The van der Waals surface area contributed by atoms with Gasteiger partial charge < -0.3 is 10.2 Å². The highest BCUT2D eigenvalue weighted by atomic mass is 15.2. The summed E-state index contributed by atoms with van der Waals surface area (Å²) < 4.78 is 0. The molecular formula is C15H32N2. The highest BCUT2D eigenvalue weighted by Gasteiger charge is 2.28. The molecule has 17 heavy (non-hydrogen) atoms. The fourth-order valence-electron chi connectivity index (χ4n) is 2.55. The molecule has 0 heterocycles. The molecule has 2 heteroatoms. The maximum atomic E-state index is 3.49. The SMILES string of the molecule is CCNC(C)CCCCN(CC(C)C)C1CC1. The van der Waals surface area contributed by atoms with E-state index in [0.717, 1.165) is 18.5 Å². The standard InChI is InChI=1S/C15H32N2/c1-5-16-14(4)8-6-7-11-17(12-13(2)3)15-9-10-15/h13-16H,5-12H2,1-4H3. The van der Waals surface area contributed by atoms with Gasteiger partial charge in [-0.3, -0.25) is 0 Å². The van der Waals surface area contributed by atoms with E-state index in [4.69, 9.17) is 0 Å². The van der Waals surface area contributed by atoms with Gasteiger partial charge in [0.15, 0.2) is 0 Å². The van der Waals surface area contributed by atoms with Crippen molar-refractivity contribution in [2.75, 3.05) is 19.6 Å². The van der Waals surface area contributed by atoms with E-state index in [1.807, 2.05) is 0 Å². The molecule has 0 amide bonds. The van der Waals surface area contributed by atoms with Crippen LogP contribution in [0.25, 0.3) is 0 Å². The van der Waals surface area contributed by atoms with E-state index in [1.165, 1.54) is 45.2 Å². The minimum absolute atomic E-state index is 0.694. The molecule has 0 aromatic carbocycles. The molecule has 1 fully saturated rings. The van der Waals surface area contributed by atoms with Crippen LogP contribution in [0.2, 0.25) is 0 Å². The van der Waals surface area contributed by atoms with Gasteiger partial charge in [-0.1, -0.05) is 27.2 Å². The topological polar surface area (TPSA) is 15.3 Å². The molecule has 0 aliphatic heterocycles. The average Bonchev–Trinajstić information content (AvgIpc) is 3.06. The van der Waals surface area contributed by atoms with Gasteiger partial charge in [0.1, 0.15) is 0 Å². The Kier molecular flexibility index (Phi) is 7.14. The van der Waals surface area contributed by atoms with Crippen molar-refractivity contribution in [1.29, 1.82) is 0 Å². The Morgan fingerprint density at radius 2 is 1.88 bits per heavy atom. The van der Waals surface area contributed by atoms with Gasteiger partial charge in [-0.05, 0) is 51.6 Å². The largest absolute Gasteiger partial charge is 0.315 e. The van der Waals surface area contributed by atoms with E-state index in [-0.39, 0.29) is 0 Å². The number of rotatable bonds is 10. The van der Waals surface area contributed by atoms with Crippen molar-refractivity contribution < 1.29 is 0 Å². The van der Waals surface area contributed by atoms with Gasteiger partial charge in [-0.25, -0.2) is 0 Å². The molecule has 1 aliphatic carbocycles. The maximum absolute atomic E-state index is 3.49. The first-order chi connectivity index (χ1) is 8.13. The molecule has 1 aliphatic rings. The Balaban J connectivity index is 2.06. The van der Waals surface area contributed by atoms with Crippen molar-refractivity contribution in [2.24, 2.45) is 5.92 Å². The predicted molar refractivity (Wildman–Crippen MR) is 76.4 cm³/mol. The Morgan fingerprint density at radius 3 is 2.41 bits per heavy atom. The number of unbranched alkanes of at least 4 members (excludes halogenated alkanes) is 1. The molecule has 0 bridgehead atoms. The second-order valence-corrected chi connectivity index (χ2v) is 6.07. The Hall–Kier alpha value is -0.0800. The highest BCUT2D eigenvalue weighted by molar-refractivity contribution is 4.84. The summed E-state index contributed by atoms with van der Waals surface area (Å²) in [7, 11) is 0. The lowest BCUT2D eigenvalue weighted by molar-refractivity contribution is 0.228. The van der Waals surface area contributed by atoms with Crippen molar-refractivity contribution in [3.05, 3.63) is 0 Å². The summed E-state index contributed by atoms with van der Waals surface area (Å²) in [6, 6.07) is 1.63. The molecule has 0 radical (unpaired) electrons. The van der Waals surface area contributed by atoms with E-state index in [0.29, 0.717) is 6.04 Å². The second kappa shape index (κ2) is 8.10. The molecule has 1 rings (SSSR count).